The lowest BCUT2D eigenvalue weighted by atomic mass is 10.1. The molecule has 0 aliphatic rings. The Morgan fingerprint density at radius 3 is 2.43 bits per heavy atom. The number of anilines is 1. The van der Waals surface area contributed by atoms with Gasteiger partial charge in [-0.15, -0.1) is 0 Å². The molecule has 76 valence electrons. The molecule has 1 atom stereocenters. The smallest absolute Gasteiger partial charge is 0.320 e. The minimum absolute atomic E-state index is 0.444. The number of hydrogen-bond acceptors (Lipinski definition) is 3. The van der Waals surface area contributed by atoms with E-state index in [2.05, 4.69) is 0 Å². The first-order valence-corrected chi connectivity index (χ1v) is 4.42. The van der Waals surface area contributed by atoms with Gasteiger partial charge in [0.25, 0.3) is 0 Å². The molecule has 1 aromatic carbocycles. The van der Waals surface area contributed by atoms with Crippen molar-refractivity contribution in [1.29, 1.82) is 0 Å². The van der Waals surface area contributed by atoms with E-state index in [9.17, 15) is 4.79 Å². The van der Waals surface area contributed by atoms with Crippen LogP contribution in [-0.2, 0) is 11.2 Å². The lowest BCUT2D eigenvalue weighted by molar-refractivity contribution is -0.138. The van der Waals surface area contributed by atoms with Crippen LogP contribution >= 0.6 is 0 Å². The average molecular weight is 194 g/mol. The number of carboxylic acid groups (broad SMARTS) is 1. The molecule has 0 aliphatic carbocycles. The molecule has 0 saturated carbocycles. The van der Waals surface area contributed by atoms with Crippen molar-refractivity contribution in [1.82, 2.24) is 0 Å². The Balaban J connectivity index is 2.46. The van der Waals surface area contributed by atoms with Crippen molar-refractivity contribution in [3.63, 3.8) is 0 Å². The Labute approximate surface area is 82.5 Å². The molecule has 0 aliphatic heterocycles. The van der Waals surface area contributed by atoms with Gasteiger partial charge in [0.15, 0.2) is 0 Å². The SMILES string of the molecule is Nc1ccc(CCC(N)C(=O)O)cc1. The lowest BCUT2D eigenvalue weighted by Gasteiger charge is -2.05. The summed E-state index contributed by atoms with van der Waals surface area (Å²) in [7, 11) is 0. The van der Waals surface area contributed by atoms with E-state index in [4.69, 9.17) is 16.6 Å². The number of hydrogen-bond donors (Lipinski definition) is 3. The van der Waals surface area contributed by atoms with Crippen molar-refractivity contribution >= 4 is 11.7 Å². The summed E-state index contributed by atoms with van der Waals surface area (Å²) in [6, 6.07) is 6.56. The lowest BCUT2D eigenvalue weighted by Crippen LogP contribution is -2.30. The molecule has 14 heavy (non-hydrogen) atoms. The van der Waals surface area contributed by atoms with Crippen LogP contribution in [0.1, 0.15) is 12.0 Å². The number of nitrogens with two attached hydrogens (primary N) is 2. The predicted octanol–water partition coefficient (Wildman–Crippen LogP) is 0.613. The number of carboxylic acids is 1. The van der Waals surface area contributed by atoms with Crippen LogP contribution in [0.2, 0.25) is 0 Å². The molecule has 0 spiro atoms. The molecule has 1 aromatic rings. The molecule has 1 unspecified atom stereocenters. The van der Waals surface area contributed by atoms with E-state index in [-0.39, 0.29) is 0 Å². The summed E-state index contributed by atoms with van der Waals surface area (Å²) in [6.07, 6.45) is 1.10. The van der Waals surface area contributed by atoms with Crippen LogP contribution in [0.3, 0.4) is 0 Å². The Morgan fingerprint density at radius 1 is 1.36 bits per heavy atom. The van der Waals surface area contributed by atoms with E-state index in [1.807, 2.05) is 12.1 Å². The summed E-state index contributed by atoms with van der Waals surface area (Å²) in [5.74, 6) is -0.958. The fraction of sp³-hybridized carbons (Fsp3) is 0.300. The van der Waals surface area contributed by atoms with Gasteiger partial charge in [0.05, 0.1) is 0 Å². The maximum atomic E-state index is 10.4. The van der Waals surface area contributed by atoms with Crippen molar-refractivity contribution in [2.75, 3.05) is 5.73 Å². The molecule has 0 bridgehead atoms. The van der Waals surface area contributed by atoms with E-state index in [1.54, 1.807) is 12.1 Å². The van der Waals surface area contributed by atoms with Gasteiger partial charge >= 0.3 is 5.97 Å². The first-order valence-electron chi connectivity index (χ1n) is 4.42. The molecular weight excluding hydrogens is 180 g/mol. The van der Waals surface area contributed by atoms with Crippen molar-refractivity contribution in [2.45, 2.75) is 18.9 Å². The predicted molar refractivity (Wildman–Crippen MR) is 54.8 cm³/mol. The molecular formula is C10H14N2O2. The molecule has 0 saturated heterocycles. The zero-order valence-electron chi connectivity index (χ0n) is 7.81. The van der Waals surface area contributed by atoms with Gasteiger partial charge in [0.1, 0.15) is 6.04 Å². The Kier molecular flexibility index (Phi) is 3.48. The summed E-state index contributed by atoms with van der Waals surface area (Å²) < 4.78 is 0. The second-order valence-electron chi connectivity index (χ2n) is 3.22. The number of nitrogen functional groups attached to an aromatic ring is 1. The summed E-state index contributed by atoms with van der Waals surface area (Å²) in [4.78, 5) is 10.4. The number of aliphatic carboxylic acids is 1. The third-order valence-corrected chi connectivity index (χ3v) is 2.04. The maximum Gasteiger partial charge on any atom is 0.320 e. The van der Waals surface area contributed by atoms with Crippen molar-refractivity contribution < 1.29 is 9.90 Å². The first-order chi connectivity index (χ1) is 6.59. The minimum Gasteiger partial charge on any atom is -0.480 e. The van der Waals surface area contributed by atoms with Crippen LogP contribution in [0.4, 0.5) is 5.69 Å². The van der Waals surface area contributed by atoms with Gasteiger partial charge < -0.3 is 16.6 Å². The van der Waals surface area contributed by atoms with Crippen LogP contribution < -0.4 is 11.5 Å². The minimum atomic E-state index is -0.958. The Hall–Kier alpha value is -1.55. The highest BCUT2D eigenvalue weighted by Crippen LogP contribution is 2.08. The van der Waals surface area contributed by atoms with E-state index in [1.165, 1.54) is 0 Å². The fourth-order valence-electron chi connectivity index (χ4n) is 1.13. The van der Waals surface area contributed by atoms with E-state index in [0.717, 1.165) is 5.56 Å². The maximum absolute atomic E-state index is 10.4. The van der Waals surface area contributed by atoms with Crippen LogP contribution in [-0.4, -0.2) is 17.1 Å². The normalized spacial score (nSPS) is 12.4. The topological polar surface area (TPSA) is 89.3 Å². The summed E-state index contributed by atoms with van der Waals surface area (Å²) >= 11 is 0. The largest absolute Gasteiger partial charge is 0.480 e. The Bertz CT molecular complexity index is 308. The molecule has 4 nitrogen and oxygen atoms in total. The highest BCUT2D eigenvalue weighted by atomic mass is 16.4. The average Bonchev–Trinajstić information content (AvgIpc) is 2.16. The number of benzene rings is 1. The third-order valence-electron chi connectivity index (χ3n) is 2.04. The fourth-order valence-corrected chi connectivity index (χ4v) is 1.13. The van der Waals surface area contributed by atoms with Gasteiger partial charge in [-0.2, -0.15) is 0 Å². The van der Waals surface area contributed by atoms with Gasteiger partial charge in [-0.05, 0) is 30.5 Å². The zero-order chi connectivity index (χ0) is 10.6. The second kappa shape index (κ2) is 4.62. The quantitative estimate of drug-likeness (QED) is 0.613. The van der Waals surface area contributed by atoms with E-state index in [0.29, 0.717) is 18.5 Å². The molecule has 4 heteroatoms. The molecule has 5 N–H and O–H groups in total. The monoisotopic (exact) mass is 194 g/mol. The van der Waals surface area contributed by atoms with Gasteiger partial charge in [-0.3, -0.25) is 4.79 Å². The van der Waals surface area contributed by atoms with E-state index >= 15 is 0 Å². The number of aryl methyl sites for hydroxylation is 1. The number of rotatable bonds is 4. The van der Waals surface area contributed by atoms with Crippen molar-refractivity contribution in [3.8, 4) is 0 Å². The van der Waals surface area contributed by atoms with Gasteiger partial charge in [0, 0.05) is 5.69 Å². The third kappa shape index (κ3) is 3.06. The summed E-state index contributed by atoms with van der Waals surface area (Å²) in [5.41, 5.74) is 12.6. The highest BCUT2D eigenvalue weighted by molar-refractivity contribution is 5.73. The summed E-state index contributed by atoms with van der Waals surface area (Å²) in [6.45, 7) is 0. The molecule has 0 heterocycles. The van der Waals surface area contributed by atoms with Crippen LogP contribution in [0.25, 0.3) is 0 Å². The zero-order valence-corrected chi connectivity index (χ0v) is 7.81. The molecule has 0 amide bonds. The second-order valence-corrected chi connectivity index (χ2v) is 3.22. The highest BCUT2D eigenvalue weighted by Gasteiger charge is 2.10. The standard InChI is InChI=1S/C10H14N2O2/c11-8-4-1-7(2-5-8)3-6-9(12)10(13)14/h1-2,4-5,9H,3,6,11-12H2,(H,13,14). The van der Waals surface area contributed by atoms with Crippen LogP contribution in [0, 0.1) is 0 Å². The molecule has 1 rings (SSSR count). The van der Waals surface area contributed by atoms with E-state index < -0.39 is 12.0 Å². The van der Waals surface area contributed by atoms with Crippen LogP contribution in [0.15, 0.2) is 24.3 Å². The van der Waals surface area contributed by atoms with Gasteiger partial charge in [-0.1, -0.05) is 12.1 Å². The van der Waals surface area contributed by atoms with Gasteiger partial charge in [0.2, 0.25) is 0 Å². The molecule has 0 fully saturated rings. The van der Waals surface area contributed by atoms with Crippen LogP contribution in [0.5, 0.6) is 0 Å². The Morgan fingerprint density at radius 2 is 1.93 bits per heavy atom. The van der Waals surface area contributed by atoms with Crippen molar-refractivity contribution in [3.05, 3.63) is 29.8 Å². The van der Waals surface area contributed by atoms with Crippen molar-refractivity contribution in [2.24, 2.45) is 5.73 Å². The first kappa shape index (κ1) is 10.5. The molecule has 0 aromatic heterocycles. The number of carbonyl (C=O) groups is 1. The van der Waals surface area contributed by atoms with Gasteiger partial charge in [-0.25, -0.2) is 0 Å². The molecule has 0 radical (unpaired) electrons. The summed E-state index contributed by atoms with van der Waals surface area (Å²) in [5, 5.41) is 8.56.